The van der Waals surface area contributed by atoms with E-state index < -0.39 is 5.91 Å². The van der Waals surface area contributed by atoms with Crippen molar-refractivity contribution in [3.8, 4) is 17.1 Å². The summed E-state index contributed by atoms with van der Waals surface area (Å²) in [6.45, 7) is 5.17. The molecule has 2 heterocycles. The number of nitrogens with zero attached hydrogens (tertiary/aromatic N) is 4. The Balaban J connectivity index is 1.33. The van der Waals surface area contributed by atoms with Crippen LogP contribution in [-0.4, -0.2) is 39.5 Å². The lowest BCUT2D eigenvalue weighted by Crippen LogP contribution is -2.26. The van der Waals surface area contributed by atoms with Gasteiger partial charge in [-0.2, -0.15) is 10.1 Å². The Morgan fingerprint density at radius 2 is 1.78 bits per heavy atom. The van der Waals surface area contributed by atoms with Crippen LogP contribution in [0.4, 0.5) is 0 Å². The number of carbonyl (C=O) groups is 1. The van der Waals surface area contributed by atoms with Crippen LogP contribution in [0.5, 0.6) is 5.75 Å². The summed E-state index contributed by atoms with van der Waals surface area (Å²) < 4.78 is 12.3. The fraction of sp³-hybridized carbons (Fsp3) is 0.250. The number of nitrogens with one attached hydrogen (secondary N) is 1. The average Bonchev–Trinajstić information content (AvgIpc) is 3.41. The molecule has 8 heteroatoms. The monoisotopic (exact) mass is 431 g/mol. The normalized spacial score (nSPS) is 10.8. The van der Waals surface area contributed by atoms with Crippen LogP contribution in [0.15, 0.2) is 59.1 Å². The second-order valence-electron chi connectivity index (χ2n) is 7.56. The summed E-state index contributed by atoms with van der Waals surface area (Å²) in [7, 11) is 1.63. The summed E-state index contributed by atoms with van der Waals surface area (Å²) in [6.07, 6.45) is 0.688. The number of carbonyl (C=O) groups excluding carboxylic acids is 1. The van der Waals surface area contributed by atoms with Crippen molar-refractivity contribution in [3.05, 3.63) is 83.0 Å². The predicted molar refractivity (Wildman–Crippen MR) is 120 cm³/mol. The number of aryl methyl sites for hydroxylation is 2. The zero-order chi connectivity index (χ0) is 22.5. The van der Waals surface area contributed by atoms with Crippen LogP contribution >= 0.6 is 0 Å². The van der Waals surface area contributed by atoms with Crippen LogP contribution in [0.1, 0.15) is 33.2 Å². The topological polar surface area (TPSA) is 95.1 Å². The van der Waals surface area contributed by atoms with Crippen molar-refractivity contribution in [2.24, 2.45) is 0 Å². The van der Waals surface area contributed by atoms with Crippen LogP contribution in [-0.2, 0) is 13.0 Å². The van der Waals surface area contributed by atoms with Crippen LogP contribution in [0.25, 0.3) is 11.4 Å². The molecule has 0 fully saturated rings. The molecule has 0 bridgehead atoms. The maximum Gasteiger partial charge on any atom is 0.316 e. The van der Waals surface area contributed by atoms with E-state index in [9.17, 15) is 4.79 Å². The number of benzene rings is 2. The van der Waals surface area contributed by atoms with E-state index in [1.807, 2.05) is 67.1 Å². The largest absolute Gasteiger partial charge is 0.497 e. The lowest BCUT2D eigenvalue weighted by atomic mass is 10.1. The highest BCUT2D eigenvalue weighted by Crippen LogP contribution is 2.18. The van der Waals surface area contributed by atoms with Gasteiger partial charge >= 0.3 is 11.8 Å². The van der Waals surface area contributed by atoms with Gasteiger partial charge in [-0.05, 0) is 49.6 Å². The number of hydrogen-bond acceptors (Lipinski definition) is 6. The number of aromatic nitrogens is 4. The van der Waals surface area contributed by atoms with Gasteiger partial charge in [0, 0.05) is 17.8 Å². The first-order chi connectivity index (χ1) is 15.5. The third-order valence-corrected chi connectivity index (χ3v) is 5.13. The molecule has 0 radical (unpaired) electrons. The van der Waals surface area contributed by atoms with Gasteiger partial charge in [0.1, 0.15) is 5.75 Å². The van der Waals surface area contributed by atoms with Crippen LogP contribution < -0.4 is 10.1 Å². The van der Waals surface area contributed by atoms with E-state index in [-0.39, 0.29) is 5.89 Å². The minimum absolute atomic E-state index is 0.0542. The molecule has 0 aliphatic carbocycles. The zero-order valence-electron chi connectivity index (χ0n) is 18.3. The Morgan fingerprint density at radius 1 is 1.06 bits per heavy atom. The Hall–Kier alpha value is -3.94. The Kier molecular flexibility index (Phi) is 6.30. The highest BCUT2D eigenvalue weighted by Gasteiger charge is 2.16. The summed E-state index contributed by atoms with van der Waals surface area (Å²) in [4.78, 5) is 16.6. The Bertz CT molecular complexity index is 1190. The second-order valence-corrected chi connectivity index (χ2v) is 7.56. The summed E-state index contributed by atoms with van der Waals surface area (Å²) in [5, 5.41) is 11.2. The van der Waals surface area contributed by atoms with Crippen molar-refractivity contribution in [3.63, 3.8) is 0 Å². The van der Waals surface area contributed by atoms with Gasteiger partial charge in [0.05, 0.1) is 19.3 Å². The molecule has 2 aromatic heterocycles. The first kappa shape index (κ1) is 21.3. The Labute approximate surface area is 186 Å². The van der Waals surface area contributed by atoms with E-state index >= 15 is 0 Å². The average molecular weight is 431 g/mol. The van der Waals surface area contributed by atoms with Crippen molar-refractivity contribution >= 4 is 5.91 Å². The first-order valence-electron chi connectivity index (χ1n) is 10.4. The summed E-state index contributed by atoms with van der Waals surface area (Å²) >= 11 is 0. The van der Waals surface area contributed by atoms with Gasteiger partial charge in [-0.25, -0.2) is 0 Å². The molecule has 1 N–H and O–H groups in total. The van der Waals surface area contributed by atoms with Crippen LogP contribution in [0.2, 0.25) is 0 Å². The number of ether oxygens (including phenoxy) is 1. The molecule has 4 aromatic rings. The molecule has 0 atom stereocenters. The van der Waals surface area contributed by atoms with Gasteiger partial charge in [-0.15, -0.1) is 0 Å². The van der Waals surface area contributed by atoms with E-state index in [0.717, 1.165) is 33.8 Å². The lowest BCUT2D eigenvalue weighted by molar-refractivity contribution is 0.0910. The fourth-order valence-electron chi connectivity index (χ4n) is 3.39. The van der Waals surface area contributed by atoms with Gasteiger partial charge in [0.15, 0.2) is 0 Å². The third-order valence-electron chi connectivity index (χ3n) is 5.13. The van der Waals surface area contributed by atoms with Crippen LogP contribution in [0.3, 0.4) is 0 Å². The number of rotatable bonds is 8. The third kappa shape index (κ3) is 5.03. The van der Waals surface area contributed by atoms with Gasteiger partial charge < -0.3 is 14.6 Å². The molecule has 1 amide bonds. The SMILES string of the molecule is COc1ccc(CCNC(=O)c2nc(-c3ccc(Cn4nc(C)cc4C)cc3)no2)cc1. The zero-order valence-corrected chi connectivity index (χ0v) is 18.3. The quantitative estimate of drug-likeness (QED) is 0.458. The van der Waals surface area contributed by atoms with E-state index in [1.54, 1.807) is 7.11 Å². The standard InChI is InChI=1S/C24H25N5O3/c1-16-14-17(2)29(27-16)15-19-4-8-20(9-5-19)22-26-24(32-28-22)23(30)25-13-12-18-6-10-21(31-3)11-7-18/h4-11,14H,12-13,15H2,1-3H3,(H,25,30). The summed E-state index contributed by atoms with van der Waals surface area (Å²) in [5.41, 5.74) is 5.11. The molecule has 8 nitrogen and oxygen atoms in total. The smallest absolute Gasteiger partial charge is 0.316 e. The van der Waals surface area contributed by atoms with Crippen LogP contribution in [0, 0.1) is 13.8 Å². The van der Waals surface area contributed by atoms with E-state index in [2.05, 4.69) is 26.6 Å². The van der Waals surface area contributed by atoms with Crippen molar-refractivity contribution < 1.29 is 14.1 Å². The Morgan fingerprint density at radius 3 is 2.44 bits per heavy atom. The molecule has 2 aromatic carbocycles. The number of methoxy groups -OCH3 is 1. The molecule has 0 aliphatic rings. The molecule has 0 saturated heterocycles. The molecular formula is C24H25N5O3. The van der Waals surface area contributed by atoms with Crippen molar-refractivity contribution in [2.45, 2.75) is 26.8 Å². The summed E-state index contributed by atoms with van der Waals surface area (Å²) in [5.74, 6) is 0.735. The summed E-state index contributed by atoms with van der Waals surface area (Å²) in [6, 6.07) is 17.6. The van der Waals surface area contributed by atoms with E-state index in [4.69, 9.17) is 9.26 Å². The fourth-order valence-corrected chi connectivity index (χ4v) is 3.39. The first-order valence-corrected chi connectivity index (χ1v) is 10.4. The molecule has 164 valence electrons. The predicted octanol–water partition coefficient (Wildman–Crippen LogP) is 3.58. The maximum absolute atomic E-state index is 12.3. The highest BCUT2D eigenvalue weighted by molar-refractivity contribution is 5.89. The minimum atomic E-state index is -0.390. The molecule has 4 rings (SSSR count). The second kappa shape index (κ2) is 9.47. The lowest BCUT2D eigenvalue weighted by Gasteiger charge is -2.05. The molecule has 0 saturated carbocycles. The van der Waals surface area contributed by atoms with Crippen molar-refractivity contribution in [1.29, 1.82) is 0 Å². The van der Waals surface area contributed by atoms with Gasteiger partial charge in [0.25, 0.3) is 0 Å². The van der Waals surface area contributed by atoms with E-state index in [0.29, 0.717) is 25.3 Å². The molecular weight excluding hydrogens is 406 g/mol. The molecule has 32 heavy (non-hydrogen) atoms. The van der Waals surface area contributed by atoms with E-state index in [1.165, 1.54) is 0 Å². The van der Waals surface area contributed by atoms with Crippen molar-refractivity contribution in [2.75, 3.05) is 13.7 Å². The molecule has 0 aliphatic heterocycles. The van der Waals surface area contributed by atoms with Crippen molar-refractivity contribution in [1.82, 2.24) is 25.2 Å². The maximum atomic E-state index is 12.3. The molecule has 0 unspecified atom stereocenters. The highest BCUT2D eigenvalue weighted by atomic mass is 16.5. The van der Waals surface area contributed by atoms with Gasteiger partial charge in [-0.1, -0.05) is 41.6 Å². The number of hydrogen-bond donors (Lipinski definition) is 1. The number of amides is 1. The minimum Gasteiger partial charge on any atom is -0.497 e. The van der Waals surface area contributed by atoms with Gasteiger partial charge in [-0.3, -0.25) is 9.48 Å². The van der Waals surface area contributed by atoms with Gasteiger partial charge in [0.2, 0.25) is 5.82 Å². The molecule has 0 spiro atoms.